The van der Waals surface area contributed by atoms with Gasteiger partial charge < -0.3 is 5.11 Å². The molecule has 96 valence electrons. The van der Waals surface area contributed by atoms with Crippen LogP contribution < -0.4 is 4.90 Å². The van der Waals surface area contributed by atoms with Crippen LogP contribution in [0.2, 0.25) is 0 Å². The first-order valence-electron chi connectivity index (χ1n) is 5.85. The molecule has 0 saturated carbocycles. The van der Waals surface area contributed by atoms with Gasteiger partial charge in [-0.3, -0.25) is 9.59 Å². The van der Waals surface area contributed by atoms with E-state index >= 15 is 0 Å². The number of anilines is 1. The maximum Gasteiger partial charge on any atom is 0.266 e. The number of hydrogen-bond acceptors (Lipinski definition) is 4. The summed E-state index contributed by atoms with van der Waals surface area (Å²) in [5.41, 5.74) is 0.537. The summed E-state index contributed by atoms with van der Waals surface area (Å²) in [7, 11) is 0. The highest BCUT2D eigenvalue weighted by Crippen LogP contribution is 2.36. The standard InChI is InChI=1S/C15H8N2O3/c16-8-9-4-3-7-12(18)13(9)17-14(19)10-5-1-2-6-11(10)15(17)20/h1-7,18H. The molecule has 0 aromatic heterocycles. The van der Waals surface area contributed by atoms with Crippen LogP contribution in [-0.2, 0) is 0 Å². The Morgan fingerprint density at radius 3 is 2.10 bits per heavy atom. The average molecular weight is 264 g/mol. The number of phenols is 1. The number of carbonyl (C=O) groups excluding carboxylic acids is 2. The first kappa shape index (κ1) is 11.9. The SMILES string of the molecule is N#Cc1cccc(O)c1N1C(=O)c2ccccc2C1=O. The highest BCUT2D eigenvalue weighted by Gasteiger charge is 2.38. The molecule has 20 heavy (non-hydrogen) atoms. The van der Waals surface area contributed by atoms with Gasteiger partial charge in [0.15, 0.2) is 0 Å². The third-order valence-electron chi connectivity index (χ3n) is 3.15. The Kier molecular flexibility index (Phi) is 2.51. The molecule has 0 saturated heterocycles. The minimum Gasteiger partial charge on any atom is -0.506 e. The van der Waals surface area contributed by atoms with Gasteiger partial charge in [0, 0.05) is 0 Å². The Bertz CT molecular complexity index is 755. The van der Waals surface area contributed by atoms with Crippen LogP contribution in [0.15, 0.2) is 42.5 Å². The molecule has 2 aromatic carbocycles. The highest BCUT2D eigenvalue weighted by atomic mass is 16.3. The van der Waals surface area contributed by atoms with Gasteiger partial charge >= 0.3 is 0 Å². The van der Waals surface area contributed by atoms with Gasteiger partial charge in [0.25, 0.3) is 11.8 Å². The Labute approximate surface area is 114 Å². The van der Waals surface area contributed by atoms with Crippen LogP contribution in [0.25, 0.3) is 0 Å². The topological polar surface area (TPSA) is 81.4 Å². The van der Waals surface area contributed by atoms with E-state index in [-0.39, 0.29) is 28.1 Å². The molecule has 0 bridgehead atoms. The zero-order chi connectivity index (χ0) is 14.3. The number of fused-ring (bicyclic) bond motifs is 1. The van der Waals surface area contributed by atoms with Crippen molar-refractivity contribution in [2.24, 2.45) is 0 Å². The van der Waals surface area contributed by atoms with E-state index in [9.17, 15) is 14.7 Å². The molecule has 5 heteroatoms. The number of rotatable bonds is 1. The van der Waals surface area contributed by atoms with E-state index in [2.05, 4.69) is 0 Å². The summed E-state index contributed by atoms with van der Waals surface area (Å²) >= 11 is 0. The maximum atomic E-state index is 12.3. The molecule has 0 aliphatic carbocycles. The van der Waals surface area contributed by atoms with Crippen LogP contribution in [0.1, 0.15) is 26.3 Å². The van der Waals surface area contributed by atoms with Crippen molar-refractivity contribution < 1.29 is 14.7 Å². The summed E-state index contributed by atoms with van der Waals surface area (Å²) in [6, 6.07) is 12.5. The van der Waals surface area contributed by atoms with Crippen LogP contribution in [-0.4, -0.2) is 16.9 Å². The second kappa shape index (κ2) is 4.21. The molecular formula is C15H8N2O3. The molecule has 1 heterocycles. The van der Waals surface area contributed by atoms with Crippen molar-refractivity contribution in [1.82, 2.24) is 0 Å². The Hall–Kier alpha value is -3.13. The number of amides is 2. The molecule has 2 aromatic rings. The van der Waals surface area contributed by atoms with Gasteiger partial charge in [-0.25, -0.2) is 4.90 Å². The van der Waals surface area contributed by atoms with Crippen LogP contribution >= 0.6 is 0 Å². The zero-order valence-corrected chi connectivity index (χ0v) is 10.2. The lowest BCUT2D eigenvalue weighted by molar-refractivity contribution is 0.0925. The van der Waals surface area contributed by atoms with E-state index in [1.807, 2.05) is 6.07 Å². The quantitative estimate of drug-likeness (QED) is 0.799. The summed E-state index contributed by atoms with van der Waals surface area (Å²) in [4.78, 5) is 25.5. The van der Waals surface area contributed by atoms with E-state index in [4.69, 9.17) is 5.26 Å². The smallest absolute Gasteiger partial charge is 0.266 e. The van der Waals surface area contributed by atoms with Gasteiger partial charge in [-0.05, 0) is 24.3 Å². The van der Waals surface area contributed by atoms with Crippen molar-refractivity contribution in [2.45, 2.75) is 0 Å². The second-order valence-corrected chi connectivity index (χ2v) is 4.28. The van der Waals surface area contributed by atoms with Crippen LogP contribution in [0, 0.1) is 11.3 Å². The first-order valence-corrected chi connectivity index (χ1v) is 5.85. The molecular weight excluding hydrogens is 256 g/mol. The third-order valence-corrected chi connectivity index (χ3v) is 3.15. The van der Waals surface area contributed by atoms with Crippen LogP contribution in [0.4, 0.5) is 5.69 Å². The van der Waals surface area contributed by atoms with Crippen molar-refractivity contribution in [3.63, 3.8) is 0 Å². The predicted octanol–water partition coefficient (Wildman–Crippen LogP) is 2.06. The first-order chi connectivity index (χ1) is 9.65. The molecule has 5 nitrogen and oxygen atoms in total. The van der Waals surface area contributed by atoms with Crippen molar-refractivity contribution in [2.75, 3.05) is 4.90 Å². The second-order valence-electron chi connectivity index (χ2n) is 4.28. The Morgan fingerprint density at radius 2 is 1.55 bits per heavy atom. The molecule has 0 spiro atoms. The fraction of sp³-hybridized carbons (Fsp3) is 0. The van der Waals surface area contributed by atoms with Gasteiger partial charge in [-0.1, -0.05) is 18.2 Å². The zero-order valence-electron chi connectivity index (χ0n) is 10.2. The molecule has 1 aliphatic rings. The van der Waals surface area contributed by atoms with E-state index in [1.54, 1.807) is 24.3 Å². The molecule has 0 fully saturated rings. The minimum atomic E-state index is -0.538. The summed E-state index contributed by atoms with van der Waals surface area (Å²) in [5.74, 6) is -1.36. The van der Waals surface area contributed by atoms with Gasteiger partial charge in [0.05, 0.1) is 16.7 Å². The fourth-order valence-electron chi connectivity index (χ4n) is 2.25. The number of phenolic OH excluding ortho intramolecular Hbond substituents is 1. The number of aromatic hydroxyl groups is 1. The minimum absolute atomic E-state index is 0.0683. The van der Waals surface area contributed by atoms with Gasteiger partial charge in [0.2, 0.25) is 0 Å². The number of imide groups is 1. The molecule has 3 rings (SSSR count). The summed E-state index contributed by atoms with van der Waals surface area (Å²) < 4.78 is 0. The number of carbonyl (C=O) groups is 2. The predicted molar refractivity (Wildman–Crippen MR) is 70.4 cm³/mol. The molecule has 1 N–H and O–H groups in total. The summed E-state index contributed by atoms with van der Waals surface area (Å²) in [6.07, 6.45) is 0. The fourth-order valence-corrected chi connectivity index (χ4v) is 2.25. The molecule has 0 unspecified atom stereocenters. The number of nitrogens with zero attached hydrogens (tertiary/aromatic N) is 2. The lowest BCUT2D eigenvalue weighted by Gasteiger charge is -2.16. The number of benzene rings is 2. The Morgan fingerprint density at radius 1 is 0.950 bits per heavy atom. The van der Waals surface area contributed by atoms with Gasteiger partial charge in [-0.15, -0.1) is 0 Å². The largest absolute Gasteiger partial charge is 0.506 e. The monoisotopic (exact) mass is 264 g/mol. The van der Waals surface area contributed by atoms with Gasteiger partial charge in [0.1, 0.15) is 17.5 Å². The van der Waals surface area contributed by atoms with Crippen molar-refractivity contribution in [3.05, 3.63) is 59.2 Å². The molecule has 2 amide bonds. The normalized spacial score (nSPS) is 13.2. The lowest BCUT2D eigenvalue weighted by atomic mass is 10.1. The average Bonchev–Trinajstić information content (AvgIpc) is 2.72. The van der Waals surface area contributed by atoms with Crippen LogP contribution in [0.3, 0.4) is 0 Å². The molecule has 0 radical (unpaired) electrons. The van der Waals surface area contributed by atoms with Crippen molar-refractivity contribution in [3.8, 4) is 11.8 Å². The van der Waals surface area contributed by atoms with Crippen molar-refractivity contribution in [1.29, 1.82) is 5.26 Å². The van der Waals surface area contributed by atoms with E-state index in [1.165, 1.54) is 18.2 Å². The summed E-state index contributed by atoms with van der Waals surface area (Å²) in [6.45, 7) is 0. The van der Waals surface area contributed by atoms with E-state index in [0.717, 1.165) is 4.90 Å². The third kappa shape index (κ3) is 1.49. The molecule has 1 aliphatic heterocycles. The van der Waals surface area contributed by atoms with Crippen molar-refractivity contribution >= 4 is 17.5 Å². The Balaban J connectivity index is 2.23. The lowest BCUT2D eigenvalue weighted by Crippen LogP contribution is -2.30. The van der Waals surface area contributed by atoms with Gasteiger partial charge in [-0.2, -0.15) is 5.26 Å². The number of hydrogen-bond donors (Lipinski definition) is 1. The number of nitriles is 1. The highest BCUT2D eigenvalue weighted by molar-refractivity contribution is 6.35. The molecule has 0 atom stereocenters. The van der Waals surface area contributed by atoms with Crippen LogP contribution in [0.5, 0.6) is 5.75 Å². The maximum absolute atomic E-state index is 12.3. The summed E-state index contributed by atoms with van der Waals surface area (Å²) in [5, 5.41) is 19.0. The van der Waals surface area contributed by atoms with E-state index < -0.39 is 11.8 Å². The van der Waals surface area contributed by atoms with E-state index in [0.29, 0.717) is 0 Å². The number of para-hydroxylation sites is 1.